The number of nitrogens with one attached hydrogen (secondary N) is 1. The van der Waals surface area contributed by atoms with Crippen molar-refractivity contribution in [1.82, 2.24) is 19.9 Å². The van der Waals surface area contributed by atoms with E-state index in [0.717, 1.165) is 12.1 Å². The van der Waals surface area contributed by atoms with E-state index in [9.17, 15) is 4.79 Å². The van der Waals surface area contributed by atoms with E-state index in [-0.39, 0.29) is 12.5 Å². The first-order chi connectivity index (χ1) is 11.3. The molecule has 2 aromatic heterocycles. The standard InChI is InChI=1S/C17H18N4O2/c1-2-13-6-5-7-14(10-13)23-12-17(22)18-11-16-20-19-15-8-3-4-9-21(15)16/h3-10H,2,11-12H2,1H3,(H,18,22). The minimum atomic E-state index is -0.195. The Labute approximate surface area is 134 Å². The number of aromatic nitrogens is 3. The molecule has 2 heterocycles. The second-order valence-corrected chi connectivity index (χ2v) is 5.11. The van der Waals surface area contributed by atoms with Gasteiger partial charge in [0.25, 0.3) is 5.91 Å². The van der Waals surface area contributed by atoms with Crippen molar-refractivity contribution in [3.8, 4) is 5.75 Å². The monoisotopic (exact) mass is 310 g/mol. The van der Waals surface area contributed by atoms with E-state index in [1.165, 1.54) is 5.56 Å². The molecule has 0 fully saturated rings. The van der Waals surface area contributed by atoms with Gasteiger partial charge in [0, 0.05) is 6.20 Å². The summed E-state index contributed by atoms with van der Waals surface area (Å²) in [5.41, 5.74) is 1.93. The number of nitrogens with zero attached hydrogens (tertiary/aromatic N) is 3. The molecule has 118 valence electrons. The van der Waals surface area contributed by atoms with Crippen LogP contribution >= 0.6 is 0 Å². The molecular weight excluding hydrogens is 292 g/mol. The normalized spacial score (nSPS) is 10.7. The number of amides is 1. The van der Waals surface area contributed by atoms with Gasteiger partial charge in [-0.25, -0.2) is 0 Å². The Morgan fingerprint density at radius 2 is 2.13 bits per heavy atom. The Morgan fingerprint density at radius 3 is 3.00 bits per heavy atom. The van der Waals surface area contributed by atoms with Crippen molar-refractivity contribution in [3.63, 3.8) is 0 Å². The van der Waals surface area contributed by atoms with Gasteiger partial charge in [-0.1, -0.05) is 25.1 Å². The molecule has 0 bridgehead atoms. The summed E-state index contributed by atoms with van der Waals surface area (Å²) in [6, 6.07) is 13.4. The van der Waals surface area contributed by atoms with Gasteiger partial charge in [0.15, 0.2) is 18.1 Å². The summed E-state index contributed by atoms with van der Waals surface area (Å²) in [4.78, 5) is 11.9. The molecule has 6 heteroatoms. The second-order valence-electron chi connectivity index (χ2n) is 5.11. The maximum Gasteiger partial charge on any atom is 0.258 e. The van der Waals surface area contributed by atoms with Gasteiger partial charge < -0.3 is 10.1 Å². The Bertz CT molecular complexity index is 813. The third-order valence-corrected chi connectivity index (χ3v) is 3.50. The predicted molar refractivity (Wildman–Crippen MR) is 86.1 cm³/mol. The zero-order valence-corrected chi connectivity index (χ0v) is 12.9. The van der Waals surface area contributed by atoms with Gasteiger partial charge in [-0.05, 0) is 36.2 Å². The van der Waals surface area contributed by atoms with Crippen molar-refractivity contribution in [2.75, 3.05) is 6.61 Å². The summed E-state index contributed by atoms with van der Waals surface area (Å²) in [5.74, 6) is 1.19. The first kappa shape index (κ1) is 15.0. The highest BCUT2D eigenvalue weighted by atomic mass is 16.5. The molecule has 0 aliphatic carbocycles. The van der Waals surface area contributed by atoms with Gasteiger partial charge in [-0.2, -0.15) is 0 Å². The van der Waals surface area contributed by atoms with Gasteiger partial charge in [-0.3, -0.25) is 9.20 Å². The third kappa shape index (κ3) is 3.66. The first-order valence-corrected chi connectivity index (χ1v) is 7.53. The molecule has 0 saturated heterocycles. The van der Waals surface area contributed by atoms with Crippen LogP contribution in [0.2, 0.25) is 0 Å². The van der Waals surface area contributed by atoms with E-state index in [1.54, 1.807) is 0 Å². The summed E-state index contributed by atoms with van der Waals surface area (Å²) >= 11 is 0. The highest BCUT2D eigenvalue weighted by Gasteiger charge is 2.07. The summed E-state index contributed by atoms with van der Waals surface area (Å²) in [5, 5.41) is 10.9. The van der Waals surface area contributed by atoms with Gasteiger partial charge >= 0.3 is 0 Å². The van der Waals surface area contributed by atoms with Gasteiger partial charge in [0.05, 0.1) is 6.54 Å². The number of hydrogen-bond donors (Lipinski definition) is 1. The highest BCUT2D eigenvalue weighted by molar-refractivity contribution is 5.77. The van der Waals surface area contributed by atoms with Gasteiger partial charge in [-0.15, -0.1) is 10.2 Å². The van der Waals surface area contributed by atoms with E-state index < -0.39 is 0 Å². The third-order valence-electron chi connectivity index (χ3n) is 3.50. The van der Waals surface area contributed by atoms with Crippen molar-refractivity contribution < 1.29 is 9.53 Å². The average molecular weight is 310 g/mol. The molecule has 23 heavy (non-hydrogen) atoms. The topological polar surface area (TPSA) is 68.5 Å². The molecule has 1 aromatic carbocycles. The van der Waals surface area contributed by atoms with Crippen LogP contribution in [0.25, 0.3) is 5.65 Å². The number of pyridine rings is 1. The minimum Gasteiger partial charge on any atom is -0.484 e. The number of fused-ring (bicyclic) bond motifs is 1. The number of carbonyl (C=O) groups is 1. The molecule has 0 spiro atoms. The van der Waals surface area contributed by atoms with Gasteiger partial charge in [0.2, 0.25) is 0 Å². The van der Waals surface area contributed by atoms with E-state index in [4.69, 9.17) is 4.74 Å². The minimum absolute atomic E-state index is 0.0239. The molecule has 3 aromatic rings. The lowest BCUT2D eigenvalue weighted by Gasteiger charge is -2.08. The Hall–Kier alpha value is -2.89. The maximum absolute atomic E-state index is 11.9. The Kier molecular flexibility index (Phi) is 4.52. The van der Waals surface area contributed by atoms with Crippen molar-refractivity contribution in [2.24, 2.45) is 0 Å². The van der Waals surface area contributed by atoms with Crippen LogP contribution in [-0.2, 0) is 17.8 Å². The van der Waals surface area contributed by atoms with Crippen molar-refractivity contribution in [2.45, 2.75) is 19.9 Å². The average Bonchev–Trinajstić information content (AvgIpc) is 3.01. The lowest BCUT2D eigenvalue weighted by atomic mass is 10.2. The van der Waals surface area contributed by atoms with E-state index in [2.05, 4.69) is 22.4 Å². The molecule has 6 nitrogen and oxygen atoms in total. The maximum atomic E-state index is 11.9. The van der Waals surface area contributed by atoms with Crippen LogP contribution in [0.1, 0.15) is 18.3 Å². The fourth-order valence-corrected chi connectivity index (χ4v) is 2.24. The molecular formula is C17H18N4O2. The molecule has 3 rings (SSSR count). The molecule has 0 aliphatic heterocycles. The molecule has 1 N–H and O–H groups in total. The number of carbonyl (C=O) groups excluding carboxylic acids is 1. The largest absolute Gasteiger partial charge is 0.484 e. The SMILES string of the molecule is CCc1cccc(OCC(=O)NCc2nnc3ccccn23)c1. The number of benzene rings is 1. The van der Waals surface area contributed by atoms with Gasteiger partial charge in [0.1, 0.15) is 5.75 Å². The van der Waals surface area contributed by atoms with Crippen LogP contribution in [-0.4, -0.2) is 27.1 Å². The van der Waals surface area contributed by atoms with Crippen molar-refractivity contribution >= 4 is 11.6 Å². The first-order valence-electron chi connectivity index (χ1n) is 7.53. The van der Waals surface area contributed by atoms with E-state index >= 15 is 0 Å². The number of aryl methyl sites for hydroxylation is 1. The van der Waals surface area contributed by atoms with Crippen LogP contribution in [0.5, 0.6) is 5.75 Å². The second kappa shape index (κ2) is 6.91. The van der Waals surface area contributed by atoms with Crippen LogP contribution in [0.4, 0.5) is 0 Å². The van der Waals surface area contributed by atoms with E-state index in [1.807, 2.05) is 53.1 Å². The lowest BCUT2D eigenvalue weighted by Crippen LogP contribution is -2.29. The van der Waals surface area contributed by atoms with E-state index in [0.29, 0.717) is 18.1 Å². The van der Waals surface area contributed by atoms with Crippen LogP contribution in [0.3, 0.4) is 0 Å². The summed E-state index contributed by atoms with van der Waals surface area (Å²) in [6.45, 7) is 2.36. The Morgan fingerprint density at radius 1 is 1.22 bits per heavy atom. The summed E-state index contributed by atoms with van der Waals surface area (Å²) in [6.07, 6.45) is 2.80. The van der Waals surface area contributed by atoms with Crippen molar-refractivity contribution in [1.29, 1.82) is 0 Å². The number of ether oxygens (including phenoxy) is 1. The zero-order valence-electron chi connectivity index (χ0n) is 12.9. The fourth-order valence-electron chi connectivity index (χ4n) is 2.24. The molecule has 0 atom stereocenters. The zero-order chi connectivity index (χ0) is 16.1. The summed E-state index contributed by atoms with van der Waals surface area (Å²) in [7, 11) is 0. The molecule has 0 radical (unpaired) electrons. The quantitative estimate of drug-likeness (QED) is 0.756. The fraction of sp³-hybridized carbons (Fsp3) is 0.235. The molecule has 0 aliphatic rings. The molecule has 0 unspecified atom stereocenters. The van der Waals surface area contributed by atoms with Crippen LogP contribution < -0.4 is 10.1 Å². The number of rotatable bonds is 6. The smallest absolute Gasteiger partial charge is 0.258 e. The molecule has 1 amide bonds. The number of hydrogen-bond acceptors (Lipinski definition) is 4. The van der Waals surface area contributed by atoms with Crippen LogP contribution in [0.15, 0.2) is 48.7 Å². The highest BCUT2D eigenvalue weighted by Crippen LogP contribution is 2.13. The van der Waals surface area contributed by atoms with Crippen LogP contribution in [0, 0.1) is 0 Å². The predicted octanol–water partition coefficient (Wildman–Crippen LogP) is 1.99. The molecule has 0 saturated carbocycles. The Balaban J connectivity index is 1.53. The van der Waals surface area contributed by atoms with Crippen molar-refractivity contribution in [3.05, 3.63) is 60.0 Å². The summed E-state index contributed by atoms with van der Waals surface area (Å²) < 4.78 is 7.35. The lowest BCUT2D eigenvalue weighted by molar-refractivity contribution is -0.123.